The maximum atomic E-state index is 5.13. The molecular formula is C22H26N4O. The summed E-state index contributed by atoms with van der Waals surface area (Å²) < 4.78 is 5.13. The van der Waals surface area contributed by atoms with Crippen LogP contribution in [0.3, 0.4) is 0 Å². The van der Waals surface area contributed by atoms with Crippen molar-refractivity contribution < 1.29 is 4.74 Å². The van der Waals surface area contributed by atoms with E-state index in [0.717, 1.165) is 29.8 Å². The Kier molecular flexibility index (Phi) is 5.61. The summed E-state index contributed by atoms with van der Waals surface area (Å²) in [5, 5.41) is 4.38. The Morgan fingerprint density at radius 2 is 1.89 bits per heavy atom. The summed E-state index contributed by atoms with van der Waals surface area (Å²) >= 11 is 0. The first-order chi connectivity index (χ1) is 13.3. The molecule has 0 atom stereocenters. The normalized spacial score (nSPS) is 14.7. The number of hydrogen-bond acceptors (Lipinski definition) is 5. The molecule has 2 heterocycles. The third-order valence-electron chi connectivity index (χ3n) is 5.10. The highest BCUT2D eigenvalue weighted by Gasteiger charge is 2.12. The van der Waals surface area contributed by atoms with Gasteiger partial charge in [-0.2, -0.15) is 0 Å². The molecule has 0 unspecified atom stereocenters. The lowest BCUT2D eigenvalue weighted by Gasteiger charge is -2.15. The maximum Gasteiger partial charge on any atom is 0.137 e. The summed E-state index contributed by atoms with van der Waals surface area (Å²) in [6.07, 6.45) is 4.25. The Hall–Kier alpha value is -2.50. The molecule has 1 saturated heterocycles. The van der Waals surface area contributed by atoms with E-state index in [0.29, 0.717) is 6.61 Å². The van der Waals surface area contributed by atoms with Crippen molar-refractivity contribution in [3.8, 4) is 11.1 Å². The first-order valence-electron chi connectivity index (χ1n) is 9.63. The predicted octanol–water partition coefficient (Wildman–Crippen LogP) is 3.95. The molecule has 27 heavy (non-hydrogen) atoms. The van der Waals surface area contributed by atoms with E-state index in [1.54, 1.807) is 13.4 Å². The first-order valence-corrected chi connectivity index (χ1v) is 9.63. The second-order valence-corrected chi connectivity index (χ2v) is 7.06. The van der Waals surface area contributed by atoms with Crippen molar-refractivity contribution >= 4 is 16.7 Å². The Balaban J connectivity index is 1.62. The second kappa shape index (κ2) is 8.46. The average molecular weight is 362 g/mol. The lowest BCUT2D eigenvalue weighted by atomic mass is 10.0. The van der Waals surface area contributed by atoms with E-state index in [4.69, 9.17) is 4.74 Å². The minimum Gasteiger partial charge on any atom is -0.383 e. The number of nitrogens with one attached hydrogen (secondary N) is 1. The fourth-order valence-electron chi connectivity index (χ4n) is 3.70. The van der Waals surface area contributed by atoms with Crippen LogP contribution < -0.4 is 5.32 Å². The first kappa shape index (κ1) is 17.9. The van der Waals surface area contributed by atoms with E-state index in [1.165, 1.54) is 42.6 Å². The van der Waals surface area contributed by atoms with E-state index in [2.05, 4.69) is 62.6 Å². The highest BCUT2D eigenvalue weighted by atomic mass is 16.5. The third-order valence-corrected chi connectivity index (χ3v) is 5.10. The van der Waals surface area contributed by atoms with Gasteiger partial charge in [-0.15, -0.1) is 0 Å². The summed E-state index contributed by atoms with van der Waals surface area (Å²) in [5.41, 5.74) is 4.75. The van der Waals surface area contributed by atoms with Crippen LogP contribution in [0.4, 0.5) is 5.82 Å². The minimum absolute atomic E-state index is 0.643. The summed E-state index contributed by atoms with van der Waals surface area (Å²) in [4.78, 5) is 11.3. The summed E-state index contributed by atoms with van der Waals surface area (Å²) in [7, 11) is 1.70. The third kappa shape index (κ3) is 4.26. The van der Waals surface area contributed by atoms with Gasteiger partial charge < -0.3 is 10.1 Å². The summed E-state index contributed by atoms with van der Waals surface area (Å²) in [6, 6.07) is 15.3. The molecule has 5 nitrogen and oxygen atoms in total. The summed E-state index contributed by atoms with van der Waals surface area (Å²) in [6.45, 7) is 4.83. The van der Waals surface area contributed by atoms with Crippen molar-refractivity contribution in [3.05, 3.63) is 54.4 Å². The number of nitrogens with zero attached hydrogens (tertiary/aromatic N) is 3. The quantitative estimate of drug-likeness (QED) is 0.645. The Labute approximate surface area is 160 Å². The van der Waals surface area contributed by atoms with Crippen LogP contribution in [0.2, 0.25) is 0 Å². The van der Waals surface area contributed by atoms with Crippen LogP contribution in [0.25, 0.3) is 22.0 Å². The molecule has 0 spiro atoms. The van der Waals surface area contributed by atoms with Gasteiger partial charge in [0.15, 0.2) is 0 Å². The Bertz CT molecular complexity index is 906. The van der Waals surface area contributed by atoms with Crippen LogP contribution in [0, 0.1) is 0 Å². The Morgan fingerprint density at radius 3 is 2.74 bits per heavy atom. The van der Waals surface area contributed by atoms with E-state index in [-0.39, 0.29) is 0 Å². The fourth-order valence-corrected chi connectivity index (χ4v) is 3.70. The molecule has 1 aliphatic heterocycles. The topological polar surface area (TPSA) is 50.3 Å². The van der Waals surface area contributed by atoms with Gasteiger partial charge in [-0.05, 0) is 60.8 Å². The molecule has 1 aliphatic rings. The van der Waals surface area contributed by atoms with E-state index in [9.17, 15) is 0 Å². The van der Waals surface area contributed by atoms with Gasteiger partial charge in [0.05, 0.1) is 12.1 Å². The smallest absolute Gasteiger partial charge is 0.137 e. The zero-order chi connectivity index (χ0) is 18.5. The minimum atomic E-state index is 0.643. The molecule has 0 amide bonds. The number of fused-ring (bicyclic) bond motifs is 1. The highest BCUT2D eigenvalue weighted by Crippen LogP contribution is 2.28. The van der Waals surface area contributed by atoms with Crippen molar-refractivity contribution in [2.75, 3.05) is 38.7 Å². The molecule has 140 valence electrons. The van der Waals surface area contributed by atoms with Crippen LogP contribution in [0.15, 0.2) is 48.8 Å². The van der Waals surface area contributed by atoms with Crippen LogP contribution in [-0.2, 0) is 11.3 Å². The standard InChI is InChI=1S/C22H26N4O/c1-27-12-9-23-22-20-14-19(7-8-21(20)24-16-25-22)18-6-4-5-17(13-18)15-26-10-2-3-11-26/h4-8,13-14,16H,2-3,9-12,15H2,1H3,(H,23,24,25). The monoisotopic (exact) mass is 362 g/mol. The van der Waals surface area contributed by atoms with E-state index in [1.807, 2.05) is 0 Å². The van der Waals surface area contributed by atoms with Crippen molar-refractivity contribution in [1.82, 2.24) is 14.9 Å². The lowest BCUT2D eigenvalue weighted by molar-refractivity contribution is 0.210. The molecule has 1 aromatic heterocycles. The number of hydrogen-bond donors (Lipinski definition) is 1. The summed E-state index contributed by atoms with van der Waals surface area (Å²) in [5.74, 6) is 0.854. The number of ether oxygens (including phenoxy) is 1. The zero-order valence-corrected chi connectivity index (χ0v) is 15.8. The van der Waals surface area contributed by atoms with Gasteiger partial charge in [0, 0.05) is 25.6 Å². The molecule has 5 heteroatoms. The van der Waals surface area contributed by atoms with Gasteiger partial charge >= 0.3 is 0 Å². The van der Waals surface area contributed by atoms with Gasteiger partial charge in [0.2, 0.25) is 0 Å². The molecule has 2 aromatic carbocycles. The number of rotatable bonds is 7. The molecular weight excluding hydrogens is 336 g/mol. The SMILES string of the molecule is COCCNc1ncnc2ccc(-c3cccc(CN4CCCC4)c3)cc12. The van der Waals surface area contributed by atoms with Crippen LogP contribution in [-0.4, -0.2) is 48.2 Å². The van der Waals surface area contributed by atoms with E-state index >= 15 is 0 Å². The van der Waals surface area contributed by atoms with Gasteiger partial charge in [-0.25, -0.2) is 9.97 Å². The fraction of sp³-hybridized carbons (Fsp3) is 0.364. The highest BCUT2D eigenvalue weighted by molar-refractivity contribution is 5.92. The van der Waals surface area contributed by atoms with Crippen LogP contribution in [0.5, 0.6) is 0 Å². The maximum absolute atomic E-state index is 5.13. The number of anilines is 1. The number of likely N-dealkylation sites (tertiary alicyclic amines) is 1. The molecule has 4 rings (SSSR count). The molecule has 0 bridgehead atoms. The number of benzene rings is 2. The number of aromatic nitrogens is 2. The van der Waals surface area contributed by atoms with E-state index < -0.39 is 0 Å². The largest absolute Gasteiger partial charge is 0.383 e. The van der Waals surface area contributed by atoms with Crippen molar-refractivity contribution in [1.29, 1.82) is 0 Å². The van der Waals surface area contributed by atoms with Crippen molar-refractivity contribution in [3.63, 3.8) is 0 Å². The molecule has 0 radical (unpaired) electrons. The van der Waals surface area contributed by atoms with Gasteiger partial charge in [-0.1, -0.05) is 24.3 Å². The zero-order valence-electron chi connectivity index (χ0n) is 15.8. The molecule has 1 N–H and O–H groups in total. The van der Waals surface area contributed by atoms with Crippen LogP contribution >= 0.6 is 0 Å². The lowest BCUT2D eigenvalue weighted by Crippen LogP contribution is -2.18. The molecule has 0 saturated carbocycles. The van der Waals surface area contributed by atoms with Gasteiger partial charge in [0.1, 0.15) is 12.1 Å². The van der Waals surface area contributed by atoms with Gasteiger partial charge in [0.25, 0.3) is 0 Å². The average Bonchev–Trinajstić information content (AvgIpc) is 3.21. The van der Waals surface area contributed by atoms with Gasteiger partial charge in [-0.3, -0.25) is 4.90 Å². The van der Waals surface area contributed by atoms with Crippen molar-refractivity contribution in [2.24, 2.45) is 0 Å². The number of methoxy groups -OCH3 is 1. The molecule has 1 fully saturated rings. The van der Waals surface area contributed by atoms with Crippen molar-refractivity contribution in [2.45, 2.75) is 19.4 Å². The second-order valence-electron chi connectivity index (χ2n) is 7.06. The molecule has 3 aromatic rings. The molecule has 0 aliphatic carbocycles. The van der Waals surface area contributed by atoms with Crippen LogP contribution in [0.1, 0.15) is 18.4 Å². The Morgan fingerprint density at radius 1 is 1.04 bits per heavy atom. The predicted molar refractivity (Wildman–Crippen MR) is 110 cm³/mol.